The van der Waals surface area contributed by atoms with E-state index < -0.39 is 0 Å². The first-order valence-electron chi connectivity index (χ1n) is 5.86. The predicted octanol–water partition coefficient (Wildman–Crippen LogP) is 2.44. The molecule has 2 unspecified atom stereocenters. The van der Waals surface area contributed by atoms with Gasteiger partial charge in [0.05, 0.1) is 6.10 Å². The van der Waals surface area contributed by atoms with Gasteiger partial charge in [-0.2, -0.15) is 0 Å². The summed E-state index contributed by atoms with van der Waals surface area (Å²) in [6.45, 7) is 8.97. The van der Waals surface area contributed by atoms with Gasteiger partial charge in [0.25, 0.3) is 0 Å². The molecular formula is C12H25NO. The fourth-order valence-electron chi connectivity index (χ4n) is 2.31. The fourth-order valence-corrected chi connectivity index (χ4v) is 2.31. The van der Waals surface area contributed by atoms with Gasteiger partial charge in [-0.05, 0) is 44.1 Å². The molecule has 0 aromatic carbocycles. The van der Waals surface area contributed by atoms with Gasteiger partial charge in [0, 0.05) is 13.7 Å². The molecule has 1 N–H and O–H groups in total. The van der Waals surface area contributed by atoms with Crippen LogP contribution in [-0.2, 0) is 4.74 Å². The molecule has 0 radical (unpaired) electrons. The molecule has 0 amide bonds. The molecule has 0 aliphatic heterocycles. The van der Waals surface area contributed by atoms with Crippen LogP contribution in [0.3, 0.4) is 0 Å². The Morgan fingerprint density at radius 2 is 2.14 bits per heavy atom. The van der Waals surface area contributed by atoms with Crippen LogP contribution in [0.5, 0.6) is 0 Å². The maximum absolute atomic E-state index is 5.38. The second-order valence-electron chi connectivity index (χ2n) is 4.96. The Labute approximate surface area is 88.4 Å². The third kappa shape index (κ3) is 3.25. The van der Waals surface area contributed by atoms with Crippen molar-refractivity contribution in [2.45, 2.75) is 46.1 Å². The minimum absolute atomic E-state index is 0.388. The summed E-state index contributed by atoms with van der Waals surface area (Å²) in [5, 5.41) is 3.48. The SMILES string of the molecule is CCNCC(C)(CC(C)OC)C1CC1. The largest absolute Gasteiger partial charge is 0.382 e. The summed E-state index contributed by atoms with van der Waals surface area (Å²) in [7, 11) is 1.81. The van der Waals surface area contributed by atoms with Crippen molar-refractivity contribution in [1.29, 1.82) is 0 Å². The molecule has 0 heterocycles. The van der Waals surface area contributed by atoms with Crippen LogP contribution in [0, 0.1) is 11.3 Å². The van der Waals surface area contributed by atoms with Gasteiger partial charge in [-0.15, -0.1) is 0 Å². The number of nitrogens with one attached hydrogen (secondary N) is 1. The van der Waals surface area contributed by atoms with E-state index >= 15 is 0 Å². The minimum Gasteiger partial charge on any atom is -0.382 e. The van der Waals surface area contributed by atoms with Gasteiger partial charge in [-0.3, -0.25) is 0 Å². The maximum atomic E-state index is 5.38. The van der Waals surface area contributed by atoms with Crippen molar-refractivity contribution >= 4 is 0 Å². The molecular weight excluding hydrogens is 174 g/mol. The van der Waals surface area contributed by atoms with Gasteiger partial charge >= 0.3 is 0 Å². The highest BCUT2D eigenvalue weighted by Crippen LogP contribution is 2.48. The van der Waals surface area contributed by atoms with E-state index in [1.165, 1.54) is 19.3 Å². The zero-order chi connectivity index (χ0) is 10.6. The lowest BCUT2D eigenvalue weighted by molar-refractivity contribution is 0.0610. The van der Waals surface area contributed by atoms with Gasteiger partial charge in [0.15, 0.2) is 0 Å². The molecule has 0 spiro atoms. The van der Waals surface area contributed by atoms with E-state index in [0.717, 1.165) is 19.0 Å². The first kappa shape index (κ1) is 12.0. The van der Waals surface area contributed by atoms with E-state index in [1.54, 1.807) is 0 Å². The van der Waals surface area contributed by atoms with Crippen molar-refractivity contribution in [3.8, 4) is 0 Å². The van der Waals surface area contributed by atoms with Gasteiger partial charge in [-0.25, -0.2) is 0 Å². The Bertz CT molecular complexity index is 168. The van der Waals surface area contributed by atoms with Gasteiger partial charge < -0.3 is 10.1 Å². The fraction of sp³-hybridized carbons (Fsp3) is 1.00. The zero-order valence-corrected chi connectivity index (χ0v) is 10.1. The molecule has 1 fully saturated rings. The molecule has 2 atom stereocenters. The number of hydrogen-bond donors (Lipinski definition) is 1. The summed E-state index contributed by atoms with van der Waals surface area (Å²) in [6.07, 6.45) is 4.40. The van der Waals surface area contributed by atoms with Crippen LogP contribution in [-0.4, -0.2) is 26.3 Å². The smallest absolute Gasteiger partial charge is 0.0549 e. The molecule has 14 heavy (non-hydrogen) atoms. The first-order valence-corrected chi connectivity index (χ1v) is 5.86. The molecule has 0 aromatic rings. The minimum atomic E-state index is 0.388. The Hall–Kier alpha value is -0.0800. The average Bonchev–Trinajstić information content (AvgIpc) is 2.98. The summed E-state index contributed by atoms with van der Waals surface area (Å²) in [5.74, 6) is 0.930. The van der Waals surface area contributed by atoms with Crippen molar-refractivity contribution in [2.75, 3.05) is 20.2 Å². The summed E-state index contributed by atoms with van der Waals surface area (Å²) >= 11 is 0. The van der Waals surface area contributed by atoms with E-state index in [-0.39, 0.29) is 0 Å². The average molecular weight is 199 g/mol. The number of hydrogen-bond acceptors (Lipinski definition) is 2. The highest BCUT2D eigenvalue weighted by molar-refractivity contribution is 4.93. The Morgan fingerprint density at radius 1 is 1.50 bits per heavy atom. The van der Waals surface area contributed by atoms with E-state index in [0.29, 0.717) is 11.5 Å². The molecule has 1 aliphatic rings. The second kappa shape index (κ2) is 5.13. The maximum Gasteiger partial charge on any atom is 0.0549 e. The quantitative estimate of drug-likeness (QED) is 0.680. The number of methoxy groups -OCH3 is 1. The van der Waals surface area contributed by atoms with Crippen molar-refractivity contribution < 1.29 is 4.74 Å². The van der Waals surface area contributed by atoms with Crippen molar-refractivity contribution in [1.82, 2.24) is 5.32 Å². The van der Waals surface area contributed by atoms with Crippen LogP contribution in [0.1, 0.15) is 40.0 Å². The molecule has 1 saturated carbocycles. The van der Waals surface area contributed by atoms with Crippen molar-refractivity contribution in [3.63, 3.8) is 0 Å². The highest BCUT2D eigenvalue weighted by atomic mass is 16.5. The topological polar surface area (TPSA) is 21.3 Å². The lowest BCUT2D eigenvalue weighted by atomic mass is 9.79. The van der Waals surface area contributed by atoms with Crippen LogP contribution in [0.4, 0.5) is 0 Å². The monoisotopic (exact) mass is 199 g/mol. The molecule has 84 valence electrons. The van der Waals surface area contributed by atoms with E-state index in [4.69, 9.17) is 4.74 Å². The molecule has 1 aliphatic carbocycles. The predicted molar refractivity (Wildman–Crippen MR) is 60.5 cm³/mol. The Kier molecular flexibility index (Phi) is 4.39. The van der Waals surface area contributed by atoms with E-state index in [2.05, 4.69) is 26.1 Å². The second-order valence-corrected chi connectivity index (χ2v) is 4.96. The summed E-state index contributed by atoms with van der Waals surface area (Å²) in [6, 6.07) is 0. The third-order valence-electron chi connectivity index (χ3n) is 3.50. The van der Waals surface area contributed by atoms with Crippen molar-refractivity contribution in [3.05, 3.63) is 0 Å². The van der Waals surface area contributed by atoms with Crippen LogP contribution < -0.4 is 5.32 Å². The van der Waals surface area contributed by atoms with Gasteiger partial charge in [0.2, 0.25) is 0 Å². The molecule has 0 saturated heterocycles. The lowest BCUT2D eigenvalue weighted by Gasteiger charge is -2.32. The molecule has 0 bridgehead atoms. The summed E-state index contributed by atoms with van der Waals surface area (Å²) in [5.41, 5.74) is 0.450. The normalized spacial score (nSPS) is 23.1. The molecule has 0 aromatic heterocycles. The Balaban J connectivity index is 2.43. The summed E-state index contributed by atoms with van der Waals surface area (Å²) in [4.78, 5) is 0. The zero-order valence-electron chi connectivity index (χ0n) is 10.1. The standard InChI is InChI=1S/C12H25NO/c1-5-13-9-12(3,11-6-7-11)8-10(2)14-4/h10-11,13H,5-9H2,1-4H3. The van der Waals surface area contributed by atoms with Gasteiger partial charge in [0.1, 0.15) is 0 Å². The number of rotatable bonds is 7. The van der Waals surface area contributed by atoms with Crippen LogP contribution in [0.25, 0.3) is 0 Å². The summed E-state index contributed by atoms with van der Waals surface area (Å²) < 4.78 is 5.38. The van der Waals surface area contributed by atoms with Crippen LogP contribution in [0.2, 0.25) is 0 Å². The van der Waals surface area contributed by atoms with Crippen molar-refractivity contribution in [2.24, 2.45) is 11.3 Å². The number of ether oxygens (including phenoxy) is 1. The molecule has 2 heteroatoms. The highest BCUT2D eigenvalue weighted by Gasteiger charge is 2.41. The molecule has 1 rings (SSSR count). The first-order chi connectivity index (χ1) is 6.62. The van der Waals surface area contributed by atoms with Crippen LogP contribution >= 0.6 is 0 Å². The van der Waals surface area contributed by atoms with E-state index in [9.17, 15) is 0 Å². The third-order valence-corrected chi connectivity index (χ3v) is 3.50. The van der Waals surface area contributed by atoms with Crippen LogP contribution in [0.15, 0.2) is 0 Å². The van der Waals surface area contributed by atoms with E-state index in [1.807, 2.05) is 7.11 Å². The Morgan fingerprint density at radius 3 is 2.57 bits per heavy atom. The van der Waals surface area contributed by atoms with Gasteiger partial charge in [-0.1, -0.05) is 13.8 Å². The lowest BCUT2D eigenvalue weighted by Crippen LogP contribution is -2.36. The molecule has 2 nitrogen and oxygen atoms in total.